The van der Waals surface area contributed by atoms with Gasteiger partial charge in [-0.25, -0.2) is 4.98 Å². The van der Waals surface area contributed by atoms with E-state index in [0.29, 0.717) is 31.4 Å². The second kappa shape index (κ2) is 12.1. The zero-order valence-electron chi connectivity index (χ0n) is 26.5. The predicted molar refractivity (Wildman–Crippen MR) is 171 cm³/mol. The zero-order valence-corrected chi connectivity index (χ0v) is 26.5. The summed E-state index contributed by atoms with van der Waals surface area (Å²) < 4.78 is 17.7. The molecule has 1 N–H and O–H groups in total. The zero-order chi connectivity index (χ0) is 30.9. The molecule has 0 atom stereocenters. The van der Waals surface area contributed by atoms with Crippen molar-refractivity contribution in [3.05, 3.63) is 59.3 Å². The van der Waals surface area contributed by atoms with E-state index in [-0.39, 0.29) is 5.97 Å². The van der Waals surface area contributed by atoms with Gasteiger partial charge in [-0.1, -0.05) is 0 Å². The molecule has 43 heavy (non-hydrogen) atoms. The van der Waals surface area contributed by atoms with Crippen LogP contribution in [-0.4, -0.2) is 46.5 Å². The number of hydrogen-bond donors (Lipinski definition) is 1. The minimum absolute atomic E-state index is 0.197. The minimum atomic E-state index is -0.540. The SMILES string of the molecule is CC(C)(C)O.Cc1cc2nc(OCC3CC3)ccc2c(-c2ccc3c4c(ccnc24)CCO3)c1CCOC(=O)C(C)(C)C. The molecule has 0 bridgehead atoms. The molecule has 7 nitrogen and oxygen atoms in total. The van der Waals surface area contributed by atoms with Crippen LogP contribution in [0.15, 0.2) is 42.6 Å². The molecule has 0 spiro atoms. The molecule has 0 unspecified atom stereocenters. The quantitative estimate of drug-likeness (QED) is 0.227. The number of carbonyl (C=O) groups is 1. The number of aliphatic hydroxyl groups is 1. The van der Waals surface area contributed by atoms with Crippen LogP contribution in [0.1, 0.15) is 71.1 Å². The molecule has 7 heteroatoms. The summed E-state index contributed by atoms with van der Waals surface area (Å²) >= 11 is 0. The maximum absolute atomic E-state index is 12.5. The Morgan fingerprint density at radius 2 is 1.81 bits per heavy atom. The van der Waals surface area contributed by atoms with Crippen LogP contribution >= 0.6 is 0 Å². The second-order valence-electron chi connectivity index (χ2n) is 13.7. The van der Waals surface area contributed by atoms with Crippen molar-refractivity contribution < 1.29 is 24.1 Å². The molecule has 2 aromatic carbocycles. The highest BCUT2D eigenvalue weighted by molar-refractivity contribution is 6.07. The maximum Gasteiger partial charge on any atom is 0.311 e. The average Bonchev–Trinajstić information content (AvgIpc) is 3.76. The lowest BCUT2D eigenvalue weighted by Gasteiger charge is -2.22. The third-order valence-corrected chi connectivity index (χ3v) is 7.50. The number of rotatable bonds is 7. The summed E-state index contributed by atoms with van der Waals surface area (Å²) in [5, 5.41) is 10.6. The number of benzene rings is 2. The molecule has 6 rings (SSSR count). The maximum atomic E-state index is 12.5. The van der Waals surface area contributed by atoms with Crippen molar-refractivity contribution in [3.8, 4) is 22.8 Å². The smallest absolute Gasteiger partial charge is 0.311 e. The Morgan fingerprint density at radius 3 is 2.51 bits per heavy atom. The van der Waals surface area contributed by atoms with Crippen LogP contribution in [0.5, 0.6) is 11.6 Å². The molecule has 1 aliphatic heterocycles. The van der Waals surface area contributed by atoms with Gasteiger partial charge < -0.3 is 19.3 Å². The van der Waals surface area contributed by atoms with E-state index < -0.39 is 11.0 Å². The first-order chi connectivity index (χ1) is 20.3. The van der Waals surface area contributed by atoms with Crippen LogP contribution in [0.4, 0.5) is 0 Å². The summed E-state index contributed by atoms with van der Waals surface area (Å²) in [6, 6.07) is 12.4. The first-order valence-corrected chi connectivity index (χ1v) is 15.3. The van der Waals surface area contributed by atoms with Gasteiger partial charge in [0.2, 0.25) is 5.88 Å². The van der Waals surface area contributed by atoms with Crippen LogP contribution in [-0.2, 0) is 22.4 Å². The van der Waals surface area contributed by atoms with Crippen molar-refractivity contribution >= 4 is 27.8 Å². The van der Waals surface area contributed by atoms with Gasteiger partial charge in [0.1, 0.15) is 5.75 Å². The standard InChI is InChI=1S/C32H34N2O4.C4H10O/c1-19-17-25-23(8-10-27(34-25)38-18-20-5-6-20)29(22(19)13-16-37-31(35)32(2,3)4)24-7-9-26-28-21(12-15-36-26)11-14-33-30(24)28;1-4(2,3)5/h7-11,14,17,20H,5-6,12-13,15-16,18H2,1-4H3;5H,1-3H3. The number of esters is 1. The molecule has 1 aliphatic carbocycles. The number of aryl methyl sites for hydroxylation is 1. The molecule has 3 heterocycles. The molecular formula is C36H44N2O5. The highest BCUT2D eigenvalue weighted by atomic mass is 16.5. The number of ether oxygens (including phenoxy) is 3. The lowest BCUT2D eigenvalue weighted by molar-refractivity contribution is -0.152. The van der Waals surface area contributed by atoms with Crippen LogP contribution < -0.4 is 9.47 Å². The fourth-order valence-corrected chi connectivity index (χ4v) is 5.19. The van der Waals surface area contributed by atoms with E-state index in [1.165, 1.54) is 18.4 Å². The fourth-order valence-electron chi connectivity index (χ4n) is 5.19. The molecule has 1 fully saturated rings. The van der Waals surface area contributed by atoms with Crippen molar-refractivity contribution in [2.45, 2.75) is 79.8 Å². The Bertz CT molecular complexity index is 1630. The monoisotopic (exact) mass is 584 g/mol. The molecular weight excluding hydrogens is 540 g/mol. The van der Waals surface area contributed by atoms with Crippen LogP contribution in [0.3, 0.4) is 0 Å². The number of nitrogens with zero attached hydrogens (tertiary/aromatic N) is 2. The number of fused-ring (bicyclic) bond motifs is 1. The molecule has 1 saturated carbocycles. The third-order valence-electron chi connectivity index (χ3n) is 7.50. The van der Waals surface area contributed by atoms with E-state index in [1.807, 2.05) is 33.0 Å². The van der Waals surface area contributed by atoms with Crippen molar-refractivity contribution in [2.24, 2.45) is 11.3 Å². The molecule has 0 radical (unpaired) electrons. The van der Waals surface area contributed by atoms with Gasteiger partial charge in [-0.2, -0.15) is 0 Å². The average molecular weight is 585 g/mol. The van der Waals surface area contributed by atoms with Gasteiger partial charge in [0, 0.05) is 41.4 Å². The summed E-state index contributed by atoms with van der Waals surface area (Å²) in [5.41, 5.74) is 6.37. The van der Waals surface area contributed by atoms with Gasteiger partial charge in [-0.05, 0) is 120 Å². The highest BCUT2D eigenvalue weighted by Crippen LogP contribution is 2.42. The molecule has 0 amide bonds. The van der Waals surface area contributed by atoms with Gasteiger partial charge in [-0.3, -0.25) is 9.78 Å². The number of carbonyl (C=O) groups excluding carboxylic acids is 1. The summed E-state index contributed by atoms with van der Waals surface area (Å²) in [5.74, 6) is 2.00. The Balaban J connectivity index is 0.000000682. The Morgan fingerprint density at radius 1 is 1.07 bits per heavy atom. The molecule has 2 aromatic heterocycles. The number of aromatic nitrogens is 2. The van der Waals surface area contributed by atoms with Crippen molar-refractivity contribution in [2.75, 3.05) is 19.8 Å². The second-order valence-corrected chi connectivity index (χ2v) is 13.7. The Kier molecular flexibility index (Phi) is 8.66. The first kappa shape index (κ1) is 30.7. The number of hydrogen-bond acceptors (Lipinski definition) is 7. The fraction of sp³-hybridized carbons (Fsp3) is 0.472. The van der Waals surface area contributed by atoms with Gasteiger partial charge in [0.15, 0.2) is 0 Å². The van der Waals surface area contributed by atoms with Crippen molar-refractivity contribution in [1.82, 2.24) is 9.97 Å². The molecule has 2 aliphatic rings. The first-order valence-electron chi connectivity index (χ1n) is 15.3. The summed E-state index contributed by atoms with van der Waals surface area (Å²) in [7, 11) is 0. The number of pyridine rings is 2. The van der Waals surface area contributed by atoms with Crippen LogP contribution in [0.2, 0.25) is 0 Å². The van der Waals surface area contributed by atoms with E-state index in [1.54, 1.807) is 20.8 Å². The molecule has 228 valence electrons. The Hall–Kier alpha value is -3.71. The van der Waals surface area contributed by atoms with E-state index in [2.05, 4.69) is 37.3 Å². The van der Waals surface area contributed by atoms with Crippen molar-refractivity contribution in [1.29, 1.82) is 0 Å². The molecule has 4 aromatic rings. The highest BCUT2D eigenvalue weighted by Gasteiger charge is 2.25. The predicted octanol–water partition coefficient (Wildman–Crippen LogP) is 7.39. The van der Waals surface area contributed by atoms with Gasteiger partial charge in [-0.15, -0.1) is 0 Å². The topological polar surface area (TPSA) is 90.8 Å². The van der Waals surface area contributed by atoms with E-state index in [0.717, 1.165) is 62.8 Å². The summed E-state index contributed by atoms with van der Waals surface area (Å²) in [6.07, 6.45) is 5.83. The van der Waals surface area contributed by atoms with Gasteiger partial charge in [0.25, 0.3) is 0 Å². The third kappa shape index (κ3) is 7.45. The largest absolute Gasteiger partial charge is 0.493 e. The van der Waals surface area contributed by atoms with Crippen LogP contribution in [0, 0.1) is 18.3 Å². The van der Waals surface area contributed by atoms with Crippen LogP contribution in [0.25, 0.3) is 32.9 Å². The van der Waals surface area contributed by atoms with Gasteiger partial charge >= 0.3 is 5.97 Å². The lowest BCUT2D eigenvalue weighted by Crippen LogP contribution is -2.24. The Labute approximate surface area is 254 Å². The van der Waals surface area contributed by atoms with E-state index in [4.69, 9.17) is 29.3 Å². The molecule has 0 saturated heterocycles. The minimum Gasteiger partial charge on any atom is -0.493 e. The van der Waals surface area contributed by atoms with Gasteiger partial charge in [0.05, 0.1) is 41.9 Å². The lowest BCUT2D eigenvalue weighted by atomic mass is 9.88. The normalized spacial score (nSPS) is 14.6. The summed E-state index contributed by atoms with van der Waals surface area (Å²) in [4.78, 5) is 22.2. The van der Waals surface area contributed by atoms with E-state index in [9.17, 15) is 4.79 Å². The summed E-state index contributed by atoms with van der Waals surface area (Å²) in [6.45, 7) is 14.7. The van der Waals surface area contributed by atoms with Crippen molar-refractivity contribution in [3.63, 3.8) is 0 Å². The van der Waals surface area contributed by atoms with E-state index >= 15 is 0 Å².